The number of benzene rings is 2. The van der Waals surface area contributed by atoms with Gasteiger partial charge in [0.05, 0.1) is 6.61 Å². The summed E-state index contributed by atoms with van der Waals surface area (Å²) in [6.45, 7) is -0.208. The van der Waals surface area contributed by atoms with E-state index >= 15 is 0 Å². The highest BCUT2D eigenvalue weighted by atomic mass is 19.2. The average Bonchev–Trinajstić information content (AvgIpc) is 2.49. The molecule has 0 aromatic heterocycles. The molecule has 7 heteroatoms. The number of aliphatic carboxylic acids is 1. The first-order valence-corrected chi connectivity index (χ1v) is 6.16. The monoisotopic (exact) mass is 312 g/mol. The van der Waals surface area contributed by atoms with Crippen LogP contribution in [0.2, 0.25) is 0 Å². The van der Waals surface area contributed by atoms with Crippen molar-refractivity contribution >= 4 is 5.97 Å². The summed E-state index contributed by atoms with van der Waals surface area (Å²) in [6.07, 6.45) is -1.84. The normalized spacial score (nSPS) is 12.0. The van der Waals surface area contributed by atoms with Crippen LogP contribution in [0.3, 0.4) is 0 Å². The average molecular weight is 312 g/mol. The minimum Gasteiger partial charge on any atom is -0.478 e. The number of carboxylic acid groups (broad SMARTS) is 1. The van der Waals surface area contributed by atoms with E-state index in [1.165, 1.54) is 24.3 Å². The lowest BCUT2D eigenvalue weighted by Crippen LogP contribution is -2.20. The zero-order valence-electron chi connectivity index (χ0n) is 11.1. The van der Waals surface area contributed by atoms with Gasteiger partial charge in [-0.1, -0.05) is 12.1 Å². The van der Waals surface area contributed by atoms with Crippen molar-refractivity contribution in [2.24, 2.45) is 0 Å². The van der Waals surface area contributed by atoms with Gasteiger partial charge in [-0.05, 0) is 23.8 Å². The number of rotatable bonds is 5. The SMILES string of the molecule is O=C(O)C(Oc1ccc(CO)cc1)c1cc(F)c(F)cc1F. The molecular weight excluding hydrogens is 301 g/mol. The van der Waals surface area contributed by atoms with Gasteiger partial charge in [0.25, 0.3) is 0 Å². The molecule has 0 aliphatic heterocycles. The van der Waals surface area contributed by atoms with Gasteiger partial charge < -0.3 is 14.9 Å². The summed E-state index contributed by atoms with van der Waals surface area (Å²) < 4.78 is 44.9. The largest absolute Gasteiger partial charge is 0.478 e. The third kappa shape index (κ3) is 3.37. The summed E-state index contributed by atoms with van der Waals surface area (Å²) in [5.41, 5.74) is -0.0594. The molecule has 1 unspecified atom stereocenters. The van der Waals surface area contributed by atoms with Gasteiger partial charge in [-0.3, -0.25) is 0 Å². The fourth-order valence-electron chi connectivity index (χ4n) is 1.80. The Morgan fingerprint density at radius 2 is 1.64 bits per heavy atom. The van der Waals surface area contributed by atoms with E-state index in [0.717, 1.165) is 0 Å². The molecule has 2 aromatic rings. The zero-order valence-corrected chi connectivity index (χ0v) is 11.1. The van der Waals surface area contributed by atoms with E-state index < -0.39 is 35.1 Å². The minimum absolute atomic E-state index is 0.0775. The fourth-order valence-corrected chi connectivity index (χ4v) is 1.80. The molecule has 0 radical (unpaired) electrons. The van der Waals surface area contributed by atoms with Crippen molar-refractivity contribution in [2.75, 3.05) is 0 Å². The van der Waals surface area contributed by atoms with Gasteiger partial charge in [0, 0.05) is 11.6 Å². The fraction of sp³-hybridized carbons (Fsp3) is 0.133. The molecule has 0 spiro atoms. The van der Waals surface area contributed by atoms with Crippen LogP contribution >= 0.6 is 0 Å². The summed E-state index contributed by atoms with van der Waals surface area (Å²) in [4.78, 5) is 11.2. The van der Waals surface area contributed by atoms with Crippen LogP contribution in [0.1, 0.15) is 17.2 Å². The van der Waals surface area contributed by atoms with Crippen molar-refractivity contribution in [3.63, 3.8) is 0 Å². The van der Waals surface area contributed by atoms with Crippen LogP contribution in [0.15, 0.2) is 36.4 Å². The third-order valence-electron chi connectivity index (χ3n) is 2.91. The Morgan fingerprint density at radius 3 is 2.18 bits per heavy atom. The van der Waals surface area contributed by atoms with Crippen LogP contribution in [-0.2, 0) is 11.4 Å². The number of aliphatic hydroxyl groups is 1. The summed E-state index contributed by atoms with van der Waals surface area (Å²) in [6, 6.07) is 6.43. The maximum absolute atomic E-state index is 13.7. The number of halogens is 3. The molecular formula is C15H11F3O4. The van der Waals surface area contributed by atoms with Gasteiger partial charge in [-0.15, -0.1) is 0 Å². The maximum atomic E-state index is 13.7. The molecule has 0 amide bonds. The van der Waals surface area contributed by atoms with Crippen molar-refractivity contribution in [1.29, 1.82) is 0 Å². The van der Waals surface area contributed by atoms with E-state index in [9.17, 15) is 18.0 Å². The molecule has 0 saturated carbocycles. The quantitative estimate of drug-likeness (QED) is 0.833. The third-order valence-corrected chi connectivity index (χ3v) is 2.91. The Hall–Kier alpha value is -2.54. The Morgan fingerprint density at radius 1 is 1.05 bits per heavy atom. The predicted octanol–water partition coefficient (Wildman–Crippen LogP) is 2.80. The number of hydrogen-bond donors (Lipinski definition) is 2. The maximum Gasteiger partial charge on any atom is 0.349 e. The standard InChI is InChI=1S/C15H11F3O4/c16-11-6-13(18)12(17)5-10(11)14(15(20)21)22-9-3-1-8(7-19)2-4-9/h1-6,14,19H,7H2,(H,20,21). The first kappa shape index (κ1) is 15.8. The number of ether oxygens (including phenoxy) is 1. The van der Waals surface area contributed by atoms with Gasteiger partial charge in [-0.2, -0.15) is 0 Å². The highest BCUT2D eigenvalue weighted by Crippen LogP contribution is 2.26. The molecule has 0 aliphatic carbocycles. The second-order valence-electron chi connectivity index (χ2n) is 4.43. The molecule has 0 bridgehead atoms. The van der Waals surface area contributed by atoms with Crippen molar-refractivity contribution in [2.45, 2.75) is 12.7 Å². The minimum atomic E-state index is -1.84. The second kappa shape index (κ2) is 6.48. The van der Waals surface area contributed by atoms with E-state index in [2.05, 4.69) is 0 Å². The lowest BCUT2D eigenvalue weighted by atomic mass is 10.1. The molecule has 1 atom stereocenters. The number of hydrogen-bond acceptors (Lipinski definition) is 3. The van der Waals surface area contributed by atoms with Gasteiger partial charge in [-0.25, -0.2) is 18.0 Å². The Labute approximate surface area is 123 Å². The molecule has 0 fully saturated rings. The van der Waals surface area contributed by atoms with Crippen molar-refractivity contribution in [3.05, 3.63) is 65.0 Å². The molecule has 2 rings (SSSR count). The van der Waals surface area contributed by atoms with Crippen LogP contribution in [0, 0.1) is 17.5 Å². The van der Waals surface area contributed by atoms with E-state index in [-0.39, 0.29) is 18.4 Å². The van der Waals surface area contributed by atoms with Gasteiger partial charge in [0.2, 0.25) is 6.10 Å². The molecule has 116 valence electrons. The molecule has 22 heavy (non-hydrogen) atoms. The molecule has 2 aromatic carbocycles. The van der Waals surface area contributed by atoms with Crippen LogP contribution < -0.4 is 4.74 Å². The Balaban J connectivity index is 2.34. The van der Waals surface area contributed by atoms with Crippen molar-refractivity contribution < 1.29 is 32.9 Å². The molecule has 0 heterocycles. The van der Waals surface area contributed by atoms with Crippen LogP contribution in [0.5, 0.6) is 5.75 Å². The van der Waals surface area contributed by atoms with Crippen LogP contribution in [0.25, 0.3) is 0 Å². The van der Waals surface area contributed by atoms with Gasteiger partial charge in [0.1, 0.15) is 11.6 Å². The number of aliphatic hydroxyl groups excluding tert-OH is 1. The van der Waals surface area contributed by atoms with E-state index in [1.54, 1.807) is 0 Å². The van der Waals surface area contributed by atoms with E-state index in [0.29, 0.717) is 11.6 Å². The highest BCUT2D eigenvalue weighted by Gasteiger charge is 2.27. The van der Waals surface area contributed by atoms with Crippen LogP contribution in [-0.4, -0.2) is 16.2 Å². The molecule has 0 saturated heterocycles. The molecule has 4 nitrogen and oxygen atoms in total. The first-order chi connectivity index (χ1) is 10.4. The number of carboxylic acids is 1. The Kier molecular flexibility index (Phi) is 4.67. The molecule has 0 aliphatic rings. The van der Waals surface area contributed by atoms with Gasteiger partial charge in [0.15, 0.2) is 11.6 Å². The first-order valence-electron chi connectivity index (χ1n) is 6.16. The topological polar surface area (TPSA) is 66.8 Å². The highest BCUT2D eigenvalue weighted by molar-refractivity contribution is 5.75. The van der Waals surface area contributed by atoms with E-state index in [4.69, 9.17) is 14.9 Å². The summed E-state index contributed by atoms with van der Waals surface area (Å²) >= 11 is 0. The van der Waals surface area contributed by atoms with Crippen molar-refractivity contribution in [1.82, 2.24) is 0 Å². The second-order valence-corrected chi connectivity index (χ2v) is 4.43. The lowest BCUT2D eigenvalue weighted by Gasteiger charge is -2.16. The smallest absolute Gasteiger partial charge is 0.349 e. The van der Waals surface area contributed by atoms with Crippen LogP contribution in [0.4, 0.5) is 13.2 Å². The Bertz CT molecular complexity index is 686. The zero-order chi connectivity index (χ0) is 16.3. The van der Waals surface area contributed by atoms with Crippen molar-refractivity contribution in [3.8, 4) is 5.75 Å². The lowest BCUT2D eigenvalue weighted by molar-refractivity contribution is -0.145. The summed E-state index contributed by atoms with van der Waals surface area (Å²) in [7, 11) is 0. The van der Waals surface area contributed by atoms with E-state index in [1.807, 2.05) is 0 Å². The summed E-state index contributed by atoms with van der Waals surface area (Å²) in [5.74, 6) is -5.50. The number of carbonyl (C=O) groups is 1. The predicted molar refractivity (Wildman–Crippen MR) is 69.7 cm³/mol. The summed E-state index contributed by atoms with van der Waals surface area (Å²) in [5, 5.41) is 18.0. The molecule has 2 N–H and O–H groups in total. The van der Waals surface area contributed by atoms with Gasteiger partial charge >= 0.3 is 5.97 Å².